The molecule has 1 atom stereocenters. The molecule has 0 saturated heterocycles. The predicted molar refractivity (Wildman–Crippen MR) is 104 cm³/mol. The summed E-state index contributed by atoms with van der Waals surface area (Å²) in [5, 5.41) is 0. The SMILES string of the molecule is CCC1(C)C(/C=C/c2ccc(OC)cc2OC)=Nc2ccc(C)cc21. The first-order valence-corrected chi connectivity index (χ1v) is 8.62. The molecule has 2 aromatic rings. The van der Waals surface area contributed by atoms with E-state index in [0.29, 0.717) is 0 Å². The number of aliphatic imine (C=N–C) groups is 1. The van der Waals surface area contributed by atoms with Crippen molar-refractivity contribution in [3.8, 4) is 11.5 Å². The minimum absolute atomic E-state index is 0.0580. The van der Waals surface area contributed by atoms with Crippen molar-refractivity contribution < 1.29 is 9.47 Å². The molecule has 0 saturated carbocycles. The first kappa shape index (κ1) is 17.3. The van der Waals surface area contributed by atoms with Crippen LogP contribution in [0.15, 0.2) is 47.5 Å². The minimum Gasteiger partial charge on any atom is -0.497 e. The van der Waals surface area contributed by atoms with E-state index in [-0.39, 0.29) is 5.41 Å². The lowest BCUT2D eigenvalue weighted by Gasteiger charge is -2.25. The third-order valence-corrected chi connectivity index (χ3v) is 5.12. The Morgan fingerprint density at radius 2 is 1.84 bits per heavy atom. The van der Waals surface area contributed by atoms with E-state index in [1.54, 1.807) is 14.2 Å². The number of fused-ring (bicyclic) bond motifs is 1. The summed E-state index contributed by atoms with van der Waals surface area (Å²) in [5.41, 5.74) is 5.71. The number of benzene rings is 2. The number of methoxy groups -OCH3 is 2. The van der Waals surface area contributed by atoms with E-state index in [1.165, 1.54) is 11.1 Å². The number of nitrogens with zero attached hydrogens (tertiary/aromatic N) is 1. The monoisotopic (exact) mass is 335 g/mol. The van der Waals surface area contributed by atoms with Gasteiger partial charge in [0.25, 0.3) is 0 Å². The fraction of sp³-hybridized carbons (Fsp3) is 0.318. The zero-order valence-corrected chi connectivity index (χ0v) is 15.6. The standard InChI is InChI=1S/C22H25NO2/c1-6-22(3)18-13-15(2)7-11-19(18)23-21(22)12-9-16-8-10-17(24-4)14-20(16)25-5/h7-14H,6H2,1-5H3/b12-9+. The van der Waals surface area contributed by atoms with E-state index in [4.69, 9.17) is 14.5 Å². The van der Waals surface area contributed by atoms with Crippen molar-refractivity contribution in [2.75, 3.05) is 14.2 Å². The molecule has 3 rings (SSSR count). The van der Waals surface area contributed by atoms with Gasteiger partial charge < -0.3 is 9.47 Å². The van der Waals surface area contributed by atoms with Crippen molar-refractivity contribution in [3.63, 3.8) is 0 Å². The highest BCUT2D eigenvalue weighted by molar-refractivity contribution is 6.10. The smallest absolute Gasteiger partial charge is 0.129 e. The van der Waals surface area contributed by atoms with Crippen LogP contribution in [0.25, 0.3) is 6.08 Å². The highest BCUT2D eigenvalue weighted by Crippen LogP contribution is 2.43. The van der Waals surface area contributed by atoms with Gasteiger partial charge in [-0.1, -0.05) is 24.6 Å². The Hall–Kier alpha value is -2.55. The minimum atomic E-state index is -0.0580. The second-order valence-corrected chi connectivity index (χ2v) is 6.64. The molecule has 0 radical (unpaired) electrons. The summed E-state index contributed by atoms with van der Waals surface area (Å²) in [4.78, 5) is 4.89. The lowest BCUT2D eigenvalue weighted by Crippen LogP contribution is -2.27. The average Bonchev–Trinajstić information content (AvgIpc) is 2.92. The van der Waals surface area contributed by atoms with Crippen molar-refractivity contribution in [2.45, 2.75) is 32.6 Å². The molecule has 0 amide bonds. The summed E-state index contributed by atoms with van der Waals surface area (Å²) in [5.74, 6) is 1.58. The molecular formula is C22H25NO2. The molecule has 2 aromatic carbocycles. The van der Waals surface area contributed by atoms with Gasteiger partial charge in [-0.05, 0) is 56.2 Å². The molecule has 0 N–H and O–H groups in total. The highest BCUT2D eigenvalue weighted by Gasteiger charge is 2.36. The van der Waals surface area contributed by atoms with Crippen LogP contribution in [0.5, 0.6) is 11.5 Å². The Morgan fingerprint density at radius 1 is 1.04 bits per heavy atom. The van der Waals surface area contributed by atoms with Gasteiger partial charge in [0.05, 0.1) is 25.6 Å². The van der Waals surface area contributed by atoms with Gasteiger partial charge in [-0.2, -0.15) is 0 Å². The summed E-state index contributed by atoms with van der Waals surface area (Å²) in [6.07, 6.45) is 5.19. The Kier molecular flexibility index (Phi) is 4.67. The van der Waals surface area contributed by atoms with Crippen molar-refractivity contribution in [1.82, 2.24) is 0 Å². The molecule has 1 heterocycles. The molecule has 1 aliphatic heterocycles. The van der Waals surface area contributed by atoms with Crippen LogP contribution in [0.1, 0.15) is 37.0 Å². The van der Waals surface area contributed by atoms with Crippen molar-refractivity contribution >= 4 is 17.5 Å². The number of rotatable bonds is 5. The number of allylic oxidation sites excluding steroid dienone is 1. The van der Waals surface area contributed by atoms with Crippen molar-refractivity contribution in [1.29, 1.82) is 0 Å². The maximum Gasteiger partial charge on any atom is 0.129 e. The number of ether oxygens (including phenoxy) is 2. The highest BCUT2D eigenvalue weighted by atomic mass is 16.5. The van der Waals surface area contributed by atoms with Gasteiger partial charge in [0.15, 0.2) is 0 Å². The molecule has 1 unspecified atom stereocenters. The maximum absolute atomic E-state index is 5.49. The Balaban J connectivity index is 1.97. The van der Waals surface area contributed by atoms with Crippen LogP contribution < -0.4 is 9.47 Å². The molecule has 0 bridgehead atoms. The second-order valence-electron chi connectivity index (χ2n) is 6.64. The lowest BCUT2D eigenvalue weighted by atomic mass is 9.76. The molecule has 0 aromatic heterocycles. The Labute approximate surface area is 150 Å². The first-order chi connectivity index (χ1) is 12.0. The van der Waals surface area contributed by atoms with Gasteiger partial charge in [0.1, 0.15) is 11.5 Å². The average molecular weight is 335 g/mol. The second kappa shape index (κ2) is 6.75. The van der Waals surface area contributed by atoms with E-state index in [1.807, 2.05) is 18.2 Å². The van der Waals surface area contributed by atoms with Gasteiger partial charge in [-0.25, -0.2) is 0 Å². The van der Waals surface area contributed by atoms with Gasteiger partial charge in [0, 0.05) is 17.0 Å². The van der Waals surface area contributed by atoms with Gasteiger partial charge in [-0.3, -0.25) is 4.99 Å². The van der Waals surface area contributed by atoms with E-state index in [9.17, 15) is 0 Å². The van der Waals surface area contributed by atoms with Gasteiger partial charge >= 0.3 is 0 Å². The molecule has 0 fully saturated rings. The summed E-state index contributed by atoms with van der Waals surface area (Å²) in [7, 11) is 3.33. The molecule has 3 heteroatoms. The third kappa shape index (κ3) is 3.07. The van der Waals surface area contributed by atoms with E-state index >= 15 is 0 Å². The normalized spacial score (nSPS) is 19.0. The van der Waals surface area contributed by atoms with Crippen molar-refractivity contribution in [3.05, 3.63) is 59.2 Å². The van der Waals surface area contributed by atoms with Crippen LogP contribution in [0, 0.1) is 6.92 Å². The summed E-state index contributed by atoms with van der Waals surface area (Å²) in [6.45, 7) is 6.62. The van der Waals surface area contributed by atoms with Gasteiger partial charge in [0.2, 0.25) is 0 Å². The van der Waals surface area contributed by atoms with E-state index < -0.39 is 0 Å². The van der Waals surface area contributed by atoms with Crippen molar-refractivity contribution in [2.24, 2.45) is 4.99 Å². The fourth-order valence-electron chi connectivity index (χ4n) is 3.30. The van der Waals surface area contributed by atoms with Crippen LogP contribution in [0.2, 0.25) is 0 Å². The zero-order valence-electron chi connectivity index (χ0n) is 15.6. The molecule has 3 nitrogen and oxygen atoms in total. The fourth-order valence-corrected chi connectivity index (χ4v) is 3.30. The van der Waals surface area contributed by atoms with Gasteiger partial charge in [-0.15, -0.1) is 0 Å². The summed E-state index contributed by atoms with van der Waals surface area (Å²) < 4.78 is 10.8. The summed E-state index contributed by atoms with van der Waals surface area (Å²) >= 11 is 0. The van der Waals surface area contributed by atoms with Crippen LogP contribution in [0.3, 0.4) is 0 Å². The van der Waals surface area contributed by atoms with E-state index in [0.717, 1.165) is 34.9 Å². The topological polar surface area (TPSA) is 30.8 Å². The largest absolute Gasteiger partial charge is 0.497 e. The maximum atomic E-state index is 5.49. The molecule has 0 spiro atoms. The van der Waals surface area contributed by atoms with Crippen LogP contribution in [0.4, 0.5) is 5.69 Å². The third-order valence-electron chi connectivity index (χ3n) is 5.12. The Morgan fingerprint density at radius 3 is 2.52 bits per heavy atom. The predicted octanol–water partition coefficient (Wildman–Crippen LogP) is 5.48. The quantitative estimate of drug-likeness (QED) is 0.724. The molecule has 25 heavy (non-hydrogen) atoms. The van der Waals surface area contributed by atoms with Crippen LogP contribution in [-0.4, -0.2) is 19.9 Å². The molecule has 130 valence electrons. The van der Waals surface area contributed by atoms with Crippen LogP contribution in [-0.2, 0) is 5.41 Å². The Bertz CT molecular complexity index is 851. The van der Waals surface area contributed by atoms with Crippen LogP contribution >= 0.6 is 0 Å². The zero-order chi connectivity index (χ0) is 18.0. The number of aryl methyl sites for hydroxylation is 1. The number of hydrogen-bond donors (Lipinski definition) is 0. The molecule has 1 aliphatic rings. The number of hydrogen-bond acceptors (Lipinski definition) is 3. The molecule has 0 aliphatic carbocycles. The lowest BCUT2D eigenvalue weighted by molar-refractivity contribution is 0.394. The molecular weight excluding hydrogens is 310 g/mol. The summed E-state index contributed by atoms with van der Waals surface area (Å²) in [6, 6.07) is 12.3. The first-order valence-electron chi connectivity index (χ1n) is 8.62. The van der Waals surface area contributed by atoms with E-state index in [2.05, 4.69) is 51.1 Å².